The normalized spacial score (nSPS) is 26.2. The Balaban J connectivity index is 1.66. The van der Waals surface area contributed by atoms with Crippen LogP contribution < -0.4 is 0 Å². The Labute approximate surface area is 156 Å². The smallest absolute Gasteiger partial charge is 0.151 e. The largest absolute Gasteiger partial charge is 0.373 e. The average Bonchev–Trinajstić information content (AvgIpc) is 3.01. The third-order valence-electron chi connectivity index (χ3n) is 5.34. The third kappa shape index (κ3) is 5.44. The van der Waals surface area contributed by atoms with Gasteiger partial charge in [0.1, 0.15) is 5.82 Å². The molecule has 25 heavy (non-hydrogen) atoms. The minimum atomic E-state index is 0.331. The Morgan fingerprint density at radius 3 is 2.48 bits per heavy atom. The molecule has 3 rings (SSSR count). The number of nitrogens with zero attached hydrogens (tertiary/aromatic N) is 4. The van der Waals surface area contributed by atoms with Crippen molar-refractivity contribution >= 4 is 11.8 Å². The van der Waals surface area contributed by atoms with Gasteiger partial charge in [-0.1, -0.05) is 19.3 Å². The summed E-state index contributed by atoms with van der Waals surface area (Å²) in [6, 6.07) is 0.571. The number of morpholine rings is 1. The average molecular weight is 367 g/mol. The summed E-state index contributed by atoms with van der Waals surface area (Å²) in [5, 5.41) is 4.91. The van der Waals surface area contributed by atoms with Crippen LogP contribution >= 0.6 is 11.8 Å². The van der Waals surface area contributed by atoms with Crippen LogP contribution in [0.4, 0.5) is 0 Å². The van der Waals surface area contributed by atoms with Crippen molar-refractivity contribution in [1.29, 1.82) is 0 Å². The van der Waals surface area contributed by atoms with Crippen LogP contribution in [-0.4, -0.2) is 63.5 Å². The van der Waals surface area contributed by atoms with Crippen LogP contribution in [-0.2, 0) is 17.6 Å². The van der Waals surface area contributed by atoms with E-state index < -0.39 is 0 Å². The Morgan fingerprint density at radius 2 is 1.80 bits per heavy atom. The van der Waals surface area contributed by atoms with Gasteiger partial charge >= 0.3 is 0 Å². The van der Waals surface area contributed by atoms with Crippen LogP contribution in [0, 0.1) is 0 Å². The lowest BCUT2D eigenvalue weighted by molar-refractivity contribution is -0.0677. The summed E-state index contributed by atoms with van der Waals surface area (Å²) >= 11 is 1.87. The monoisotopic (exact) mass is 366 g/mol. The van der Waals surface area contributed by atoms with Gasteiger partial charge in [-0.25, -0.2) is 9.67 Å². The predicted octanol–water partition coefficient (Wildman–Crippen LogP) is 3.34. The number of thioether (sulfide) groups is 1. The number of rotatable bonds is 7. The molecule has 142 valence electrons. The zero-order valence-corrected chi connectivity index (χ0v) is 16.9. The maximum Gasteiger partial charge on any atom is 0.151 e. The number of hydrogen-bond donors (Lipinski definition) is 0. The van der Waals surface area contributed by atoms with Crippen LogP contribution in [0.25, 0.3) is 0 Å². The fourth-order valence-electron chi connectivity index (χ4n) is 4.22. The van der Waals surface area contributed by atoms with E-state index in [0.29, 0.717) is 18.2 Å². The maximum atomic E-state index is 5.86. The van der Waals surface area contributed by atoms with Crippen molar-refractivity contribution in [3.05, 3.63) is 11.6 Å². The molecular formula is C19H34N4OS. The molecule has 1 saturated heterocycles. The van der Waals surface area contributed by atoms with Crippen LogP contribution in [0.2, 0.25) is 0 Å². The summed E-state index contributed by atoms with van der Waals surface area (Å²) in [4.78, 5) is 7.45. The van der Waals surface area contributed by atoms with Crippen molar-refractivity contribution in [3.63, 3.8) is 0 Å². The molecule has 0 unspecified atom stereocenters. The summed E-state index contributed by atoms with van der Waals surface area (Å²) in [5.41, 5.74) is 0. The molecule has 1 saturated carbocycles. The van der Waals surface area contributed by atoms with E-state index in [1.165, 1.54) is 37.9 Å². The first-order chi connectivity index (χ1) is 12.2. The van der Waals surface area contributed by atoms with Gasteiger partial charge in [0.25, 0.3) is 0 Å². The highest BCUT2D eigenvalue weighted by Crippen LogP contribution is 2.28. The fraction of sp³-hybridized carbons (Fsp3) is 0.895. The molecule has 1 aliphatic carbocycles. The SMILES string of the molecule is CSCCc1nc(CCN2C[C@@H](C)O[C@@H](C)C2)n(C2CCCCC2)n1. The lowest BCUT2D eigenvalue weighted by Crippen LogP contribution is -2.46. The summed E-state index contributed by atoms with van der Waals surface area (Å²) in [6.45, 7) is 7.47. The zero-order chi connectivity index (χ0) is 17.6. The molecule has 6 heteroatoms. The molecule has 5 nitrogen and oxygen atoms in total. The van der Waals surface area contributed by atoms with Crippen molar-refractivity contribution in [1.82, 2.24) is 19.7 Å². The number of aromatic nitrogens is 3. The van der Waals surface area contributed by atoms with E-state index in [4.69, 9.17) is 14.8 Å². The molecule has 1 aliphatic heterocycles. The van der Waals surface area contributed by atoms with Gasteiger partial charge in [-0.3, -0.25) is 4.90 Å². The minimum absolute atomic E-state index is 0.331. The second-order valence-corrected chi connectivity index (χ2v) is 8.68. The molecule has 0 amide bonds. The highest BCUT2D eigenvalue weighted by molar-refractivity contribution is 7.98. The number of hydrogen-bond acceptors (Lipinski definition) is 5. The van der Waals surface area contributed by atoms with Gasteiger partial charge in [0, 0.05) is 38.2 Å². The fourth-order valence-corrected chi connectivity index (χ4v) is 4.60. The van der Waals surface area contributed by atoms with E-state index in [-0.39, 0.29) is 0 Å². The second kappa shape index (κ2) is 9.38. The van der Waals surface area contributed by atoms with E-state index >= 15 is 0 Å². The Morgan fingerprint density at radius 1 is 1.08 bits per heavy atom. The Bertz CT molecular complexity index is 519. The highest BCUT2D eigenvalue weighted by atomic mass is 32.2. The van der Waals surface area contributed by atoms with E-state index in [1.807, 2.05) is 11.8 Å². The van der Waals surface area contributed by atoms with Crippen molar-refractivity contribution in [2.45, 2.75) is 77.0 Å². The van der Waals surface area contributed by atoms with Gasteiger partial charge in [0.15, 0.2) is 5.82 Å². The molecule has 0 aromatic carbocycles. The van der Waals surface area contributed by atoms with Crippen LogP contribution in [0.15, 0.2) is 0 Å². The molecular weight excluding hydrogens is 332 g/mol. The molecule has 1 aromatic heterocycles. The summed E-state index contributed by atoms with van der Waals surface area (Å²) in [7, 11) is 0. The molecule has 2 fully saturated rings. The van der Waals surface area contributed by atoms with Crippen LogP contribution in [0.5, 0.6) is 0 Å². The molecule has 2 heterocycles. The molecule has 0 spiro atoms. The van der Waals surface area contributed by atoms with Gasteiger partial charge in [0.05, 0.1) is 18.2 Å². The topological polar surface area (TPSA) is 43.2 Å². The Kier molecular flexibility index (Phi) is 7.19. The quantitative estimate of drug-likeness (QED) is 0.740. The van der Waals surface area contributed by atoms with Crippen molar-refractivity contribution in [2.75, 3.05) is 31.6 Å². The minimum Gasteiger partial charge on any atom is -0.373 e. The molecule has 1 aromatic rings. The van der Waals surface area contributed by atoms with Gasteiger partial charge in [-0.15, -0.1) is 0 Å². The van der Waals surface area contributed by atoms with Crippen molar-refractivity contribution in [2.24, 2.45) is 0 Å². The molecule has 0 radical (unpaired) electrons. The summed E-state index contributed by atoms with van der Waals surface area (Å²) in [6.07, 6.45) is 11.4. The summed E-state index contributed by atoms with van der Waals surface area (Å²) in [5.74, 6) is 3.35. The first-order valence-electron chi connectivity index (χ1n) is 9.96. The molecule has 0 N–H and O–H groups in total. The first-order valence-corrected chi connectivity index (χ1v) is 11.4. The van der Waals surface area contributed by atoms with Crippen molar-refractivity contribution in [3.8, 4) is 0 Å². The third-order valence-corrected chi connectivity index (χ3v) is 5.96. The van der Waals surface area contributed by atoms with Crippen LogP contribution in [0.1, 0.15) is 63.6 Å². The molecule has 2 aliphatic rings. The van der Waals surface area contributed by atoms with Gasteiger partial charge < -0.3 is 4.74 Å². The predicted molar refractivity (Wildman–Crippen MR) is 104 cm³/mol. The lowest BCUT2D eigenvalue weighted by Gasteiger charge is -2.35. The van der Waals surface area contributed by atoms with Gasteiger partial charge in [-0.2, -0.15) is 16.9 Å². The van der Waals surface area contributed by atoms with Gasteiger partial charge in [0.2, 0.25) is 0 Å². The summed E-state index contributed by atoms with van der Waals surface area (Å²) < 4.78 is 8.15. The highest BCUT2D eigenvalue weighted by Gasteiger charge is 2.24. The lowest BCUT2D eigenvalue weighted by atomic mass is 9.95. The number of aryl methyl sites for hydroxylation is 1. The standard InChI is InChI=1S/C19H34N4OS/c1-15-13-22(14-16(2)24-15)11-9-19-20-18(10-12-25-3)21-23(19)17-7-5-4-6-8-17/h15-17H,4-14H2,1-3H3/t15-,16+. The van der Waals surface area contributed by atoms with Gasteiger partial charge in [-0.05, 0) is 32.9 Å². The molecule has 0 bridgehead atoms. The van der Waals surface area contributed by atoms with E-state index in [0.717, 1.165) is 44.1 Å². The van der Waals surface area contributed by atoms with E-state index in [9.17, 15) is 0 Å². The zero-order valence-electron chi connectivity index (χ0n) is 16.1. The Hall–Kier alpha value is -0.590. The van der Waals surface area contributed by atoms with E-state index in [2.05, 4.69) is 29.7 Å². The number of ether oxygens (including phenoxy) is 1. The second-order valence-electron chi connectivity index (χ2n) is 7.69. The maximum absolute atomic E-state index is 5.86. The first kappa shape index (κ1) is 19.2. The van der Waals surface area contributed by atoms with E-state index in [1.54, 1.807) is 0 Å². The van der Waals surface area contributed by atoms with Crippen molar-refractivity contribution < 1.29 is 4.74 Å². The van der Waals surface area contributed by atoms with Crippen LogP contribution in [0.3, 0.4) is 0 Å². The molecule has 2 atom stereocenters.